The Morgan fingerprint density at radius 1 is 1.53 bits per heavy atom. The molecule has 1 heterocycles. The Morgan fingerprint density at radius 3 is 2.65 bits per heavy atom. The standard InChI is InChI=1S/C14H19NO2/c1-10-3-6-14(9-15,7-4-10)13(16)12-11(2)5-8-17-12/h5,8,10,13,16H,3-4,6-7H2,1-2H3. The van der Waals surface area contributed by atoms with Gasteiger partial charge in [0, 0.05) is 0 Å². The topological polar surface area (TPSA) is 57.2 Å². The van der Waals surface area contributed by atoms with Gasteiger partial charge in [-0.05, 0) is 50.2 Å². The zero-order valence-corrected chi connectivity index (χ0v) is 10.4. The highest BCUT2D eigenvalue weighted by atomic mass is 16.4. The van der Waals surface area contributed by atoms with E-state index in [0.717, 1.165) is 31.2 Å². The summed E-state index contributed by atoms with van der Waals surface area (Å²) in [7, 11) is 0. The van der Waals surface area contributed by atoms with Crippen LogP contribution >= 0.6 is 0 Å². The summed E-state index contributed by atoms with van der Waals surface area (Å²) in [6.07, 6.45) is 4.30. The summed E-state index contributed by atoms with van der Waals surface area (Å²) in [6.45, 7) is 4.10. The minimum absolute atomic E-state index is 0.557. The zero-order valence-electron chi connectivity index (χ0n) is 10.4. The molecule has 0 spiro atoms. The monoisotopic (exact) mass is 233 g/mol. The molecule has 0 radical (unpaired) electrons. The Morgan fingerprint density at radius 2 is 2.18 bits per heavy atom. The first kappa shape index (κ1) is 12.2. The maximum atomic E-state index is 10.4. The summed E-state index contributed by atoms with van der Waals surface area (Å²) >= 11 is 0. The number of hydrogen-bond donors (Lipinski definition) is 1. The lowest BCUT2D eigenvalue weighted by Crippen LogP contribution is -2.32. The summed E-state index contributed by atoms with van der Waals surface area (Å²) in [5, 5.41) is 19.9. The number of aliphatic hydroxyl groups excluding tert-OH is 1. The van der Waals surface area contributed by atoms with Crippen LogP contribution in [0.4, 0.5) is 0 Å². The van der Waals surface area contributed by atoms with Crippen molar-refractivity contribution in [3.63, 3.8) is 0 Å². The van der Waals surface area contributed by atoms with E-state index in [-0.39, 0.29) is 0 Å². The SMILES string of the molecule is Cc1ccoc1C(O)C1(C#N)CCC(C)CC1. The van der Waals surface area contributed by atoms with Crippen LogP contribution in [-0.2, 0) is 0 Å². The molecule has 1 unspecified atom stereocenters. The number of rotatable bonds is 2. The number of aliphatic hydroxyl groups is 1. The van der Waals surface area contributed by atoms with E-state index in [1.807, 2.05) is 13.0 Å². The molecule has 0 saturated heterocycles. The fourth-order valence-corrected chi connectivity index (χ4v) is 2.64. The summed E-state index contributed by atoms with van der Waals surface area (Å²) in [5.74, 6) is 1.21. The zero-order chi connectivity index (χ0) is 12.5. The van der Waals surface area contributed by atoms with Gasteiger partial charge in [-0.15, -0.1) is 0 Å². The van der Waals surface area contributed by atoms with Crippen LogP contribution in [0, 0.1) is 29.6 Å². The van der Waals surface area contributed by atoms with Crippen molar-refractivity contribution in [2.75, 3.05) is 0 Å². The van der Waals surface area contributed by atoms with E-state index in [0.29, 0.717) is 11.7 Å². The van der Waals surface area contributed by atoms with Crippen molar-refractivity contribution in [3.8, 4) is 6.07 Å². The first-order valence-corrected chi connectivity index (χ1v) is 6.22. The summed E-state index contributed by atoms with van der Waals surface area (Å²) in [4.78, 5) is 0. The predicted molar refractivity (Wildman–Crippen MR) is 64.1 cm³/mol. The summed E-state index contributed by atoms with van der Waals surface area (Å²) < 4.78 is 5.33. The third-order valence-electron chi connectivity index (χ3n) is 4.06. The van der Waals surface area contributed by atoms with Crippen LogP contribution in [0.15, 0.2) is 16.7 Å². The minimum Gasteiger partial charge on any atom is -0.466 e. The van der Waals surface area contributed by atoms with Crippen LogP contribution < -0.4 is 0 Å². The maximum Gasteiger partial charge on any atom is 0.136 e. The molecular weight excluding hydrogens is 214 g/mol. The molecule has 0 aromatic carbocycles. The highest BCUT2D eigenvalue weighted by molar-refractivity contribution is 5.22. The number of aryl methyl sites for hydroxylation is 1. The average Bonchev–Trinajstić information content (AvgIpc) is 2.76. The van der Waals surface area contributed by atoms with Crippen molar-refractivity contribution in [1.29, 1.82) is 5.26 Å². The molecule has 0 bridgehead atoms. The van der Waals surface area contributed by atoms with Gasteiger partial charge in [0.05, 0.1) is 17.7 Å². The van der Waals surface area contributed by atoms with E-state index in [1.54, 1.807) is 6.26 Å². The Kier molecular flexibility index (Phi) is 3.26. The summed E-state index contributed by atoms with van der Waals surface area (Å²) in [6, 6.07) is 4.17. The van der Waals surface area contributed by atoms with Gasteiger partial charge in [0.15, 0.2) is 0 Å². The van der Waals surface area contributed by atoms with Crippen molar-refractivity contribution in [2.45, 2.75) is 45.6 Å². The Balaban J connectivity index is 2.25. The lowest BCUT2D eigenvalue weighted by Gasteiger charge is -2.36. The number of hydrogen-bond acceptors (Lipinski definition) is 3. The number of furan rings is 1. The van der Waals surface area contributed by atoms with Gasteiger partial charge in [-0.1, -0.05) is 6.92 Å². The minimum atomic E-state index is -0.796. The van der Waals surface area contributed by atoms with Crippen molar-refractivity contribution in [2.24, 2.45) is 11.3 Å². The van der Waals surface area contributed by atoms with Crippen molar-refractivity contribution < 1.29 is 9.52 Å². The van der Waals surface area contributed by atoms with Crippen LogP contribution in [0.1, 0.15) is 50.0 Å². The smallest absolute Gasteiger partial charge is 0.136 e. The van der Waals surface area contributed by atoms with Gasteiger partial charge in [0.2, 0.25) is 0 Å². The maximum absolute atomic E-state index is 10.4. The molecule has 92 valence electrons. The molecular formula is C14H19NO2. The number of nitrogens with zero attached hydrogens (tertiary/aromatic N) is 1. The van der Waals surface area contributed by atoms with Crippen LogP contribution in [0.5, 0.6) is 0 Å². The molecule has 1 saturated carbocycles. The molecule has 3 nitrogen and oxygen atoms in total. The van der Waals surface area contributed by atoms with Gasteiger partial charge in [-0.3, -0.25) is 0 Å². The van der Waals surface area contributed by atoms with Crippen LogP contribution in [0.25, 0.3) is 0 Å². The molecule has 0 amide bonds. The molecule has 1 aromatic rings. The van der Waals surface area contributed by atoms with Crippen molar-refractivity contribution >= 4 is 0 Å². The molecule has 1 aliphatic carbocycles. The van der Waals surface area contributed by atoms with Gasteiger partial charge in [0.1, 0.15) is 11.9 Å². The molecule has 1 atom stereocenters. The molecule has 2 rings (SSSR count). The van der Waals surface area contributed by atoms with E-state index in [1.165, 1.54) is 0 Å². The van der Waals surface area contributed by atoms with E-state index >= 15 is 0 Å². The van der Waals surface area contributed by atoms with Gasteiger partial charge in [-0.25, -0.2) is 0 Å². The van der Waals surface area contributed by atoms with Crippen LogP contribution in [0.2, 0.25) is 0 Å². The van der Waals surface area contributed by atoms with Crippen molar-refractivity contribution in [1.82, 2.24) is 0 Å². The molecule has 17 heavy (non-hydrogen) atoms. The quantitative estimate of drug-likeness (QED) is 0.852. The fraction of sp³-hybridized carbons (Fsp3) is 0.643. The van der Waals surface area contributed by atoms with Crippen LogP contribution in [0.3, 0.4) is 0 Å². The second-order valence-electron chi connectivity index (χ2n) is 5.32. The molecule has 0 aliphatic heterocycles. The van der Waals surface area contributed by atoms with E-state index in [4.69, 9.17) is 4.42 Å². The van der Waals surface area contributed by atoms with Gasteiger partial charge >= 0.3 is 0 Å². The predicted octanol–water partition coefficient (Wildman–Crippen LogP) is 3.34. The first-order chi connectivity index (χ1) is 8.09. The van der Waals surface area contributed by atoms with E-state index in [2.05, 4.69) is 13.0 Å². The normalized spacial score (nSPS) is 30.8. The highest BCUT2D eigenvalue weighted by Gasteiger charge is 2.43. The Labute approximate surface area is 102 Å². The second-order valence-corrected chi connectivity index (χ2v) is 5.32. The molecule has 1 fully saturated rings. The highest BCUT2D eigenvalue weighted by Crippen LogP contribution is 2.47. The summed E-state index contributed by atoms with van der Waals surface area (Å²) in [5.41, 5.74) is 0.264. The van der Waals surface area contributed by atoms with Gasteiger partial charge < -0.3 is 9.52 Å². The van der Waals surface area contributed by atoms with Gasteiger partial charge in [0.25, 0.3) is 0 Å². The molecule has 1 N–H and O–H groups in total. The van der Waals surface area contributed by atoms with Crippen molar-refractivity contribution in [3.05, 3.63) is 23.7 Å². The van der Waals surface area contributed by atoms with Gasteiger partial charge in [-0.2, -0.15) is 5.26 Å². The Bertz CT molecular complexity index is 422. The fourth-order valence-electron chi connectivity index (χ4n) is 2.64. The molecule has 1 aliphatic rings. The largest absolute Gasteiger partial charge is 0.466 e. The first-order valence-electron chi connectivity index (χ1n) is 6.22. The molecule has 1 aromatic heterocycles. The third-order valence-corrected chi connectivity index (χ3v) is 4.06. The van der Waals surface area contributed by atoms with Crippen LogP contribution in [-0.4, -0.2) is 5.11 Å². The lowest BCUT2D eigenvalue weighted by atomic mass is 9.68. The number of nitriles is 1. The third kappa shape index (κ3) is 2.10. The molecule has 3 heteroatoms. The average molecular weight is 233 g/mol. The Hall–Kier alpha value is -1.27. The van der Waals surface area contributed by atoms with E-state index in [9.17, 15) is 10.4 Å². The lowest BCUT2D eigenvalue weighted by molar-refractivity contribution is 0.0111. The van der Waals surface area contributed by atoms with E-state index < -0.39 is 11.5 Å². The second kappa shape index (κ2) is 4.54.